The highest BCUT2D eigenvalue weighted by Crippen LogP contribution is 2.30. The Morgan fingerprint density at radius 3 is 3.00 bits per heavy atom. The third-order valence-corrected chi connectivity index (χ3v) is 3.93. The molecule has 0 radical (unpaired) electrons. The van der Waals surface area contributed by atoms with Crippen molar-refractivity contribution in [1.29, 1.82) is 0 Å². The summed E-state index contributed by atoms with van der Waals surface area (Å²) in [5.74, 6) is 3.41. The van der Waals surface area contributed by atoms with Gasteiger partial charge in [0.05, 0.1) is 12.3 Å². The lowest BCUT2D eigenvalue weighted by atomic mass is 10.00. The number of hydrogen-bond donors (Lipinski definition) is 1. The van der Waals surface area contributed by atoms with Crippen molar-refractivity contribution in [1.82, 2.24) is 14.8 Å². The molecular formula is C16H22N4O. The van der Waals surface area contributed by atoms with Crippen molar-refractivity contribution >= 4 is 5.69 Å². The van der Waals surface area contributed by atoms with E-state index in [-0.39, 0.29) is 0 Å². The number of benzene rings is 1. The summed E-state index contributed by atoms with van der Waals surface area (Å²) in [5.41, 5.74) is 7.74. The number of rotatable bonds is 4. The first-order chi connectivity index (χ1) is 10.2. The smallest absolute Gasteiger partial charge is 0.164 e. The second-order valence-corrected chi connectivity index (χ2v) is 5.79. The van der Waals surface area contributed by atoms with Crippen LogP contribution in [0.4, 0.5) is 5.69 Å². The minimum absolute atomic E-state index is 0.655. The first-order valence-corrected chi connectivity index (χ1v) is 7.63. The molecule has 1 aliphatic heterocycles. The molecule has 21 heavy (non-hydrogen) atoms. The van der Waals surface area contributed by atoms with Crippen LogP contribution in [0.25, 0.3) is 11.4 Å². The second-order valence-electron chi connectivity index (χ2n) is 5.79. The van der Waals surface area contributed by atoms with Crippen LogP contribution in [-0.4, -0.2) is 21.4 Å². The first kappa shape index (κ1) is 13.9. The molecule has 0 fully saturated rings. The van der Waals surface area contributed by atoms with Crippen molar-refractivity contribution in [2.75, 3.05) is 12.3 Å². The van der Waals surface area contributed by atoms with Crippen molar-refractivity contribution in [3.05, 3.63) is 24.0 Å². The molecule has 5 nitrogen and oxygen atoms in total. The quantitative estimate of drug-likeness (QED) is 0.878. The van der Waals surface area contributed by atoms with E-state index in [1.165, 1.54) is 6.42 Å². The van der Waals surface area contributed by atoms with Gasteiger partial charge < -0.3 is 15.0 Å². The number of hydrogen-bond acceptors (Lipinski definition) is 4. The van der Waals surface area contributed by atoms with E-state index in [1.54, 1.807) is 0 Å². The van der Waals surface area contributed by atoms with Gasteiger partial charge in [-0.05, 0) is 37.0 Å². The molecule has 112 valence electrons. The lowest BCUT2D eigenvalue weighted by Crippen LogP contribution is -2.18. The third-order valence-electron chi connectivity index (χ3n) is 3.93. The van der Waals surface area contributed by atoms with Crippen molar-refractivity contribution in [2.24, 2.45) is 5.92 Å². The van der Waals surface area contributed by atoms with Crippen molar-refractivity contribution in [3.8, 4) is 17.1 Å². The second kappa shape index (κ2) is 5.76. The number of aromatic nitrogens is 3. The number of fused-ring (bicyclic) bond motifs is 1. The minimum atomic E-state index is 0.655. The van der Waals surface area contributed by atoms with Crippen LogP contribution in [0.1, 0.15) is 32.5 Å². The van der Waals surface area contributed by atoms with E-state index in [1.807, 2.05) is 18.2 Å². The maximum atomic E-state index is 6.08. The average molecular weight is 286 g/mol. The molecule has 1 unspecified atom stereocenters. The van der Waals surface area contributed by atoms with Crippen LogP contribution < -0.4 is 10.5 Å². The van der Waals surface area contributed by atoms with Gasteiger partial charge in [-0.3, -0.25) is 0 Å². The molecule has 2 aromatic rings. The van der Waals surface area contributed by atoms with Crippen LogP contribution >= 0.6 is 0 Å². The highest BCUT2D eigenvalue weighted by Gasteiger charge is 2.21. The molecular weight excluding hydrogens is 264 g/mol. The molecule has 5 heteroatoms. The van der Waals surface area contributed by atoms with E-state index in [4.69, 9.17) is 10.5 Å². The van der Waals surface area contributed by atoms with Crippen LogP contribution in [0.5, 0.6) is 5.75 Å². The van der Waals surface area contributed by atoms with Gasteiger partial charge >= 0.3 is 0 Å². The largest absolute Gasteiger partial charge is 0.491 e. The van der Waals surface area contributed by atoms with E-state index < -0.39 is 0 Å². The minimum Gasteiger partial charge on any atom is -0.491 e. The number of anilines is 1. The fourth-order valence-electron chi connectivity index (χ4n) is 2.73. The van der Waals surface area contributed by atoms with Gasteiger partial charge in [0.25, 0.3) is 0 Å². The summed E-state index contributed by atoms with van der Waals surface area (Å²) in [7, 11) is 0. The maximum Gasteiger partial charge on any atom is 0.164 e. The van der Waals surface area contributed by atoms with Gasteiger partial charge in [-0.2, -0.15) is 0 Å². The Kier molecular flexibility index (Phi) is 3.82. The molecule has 1 atom stereocenters. The Morgan fingerprint density at radius 2 is 2.24 bits per heavy atom. The molecule has 0 bridgehead atoms. The van der Waals surface area contributed by atoms with Gasteiger partial charge in [-0.25, -0.2) is 0 Å². The summed E-state index contributed by atoms with van der Waals surface area (Å²) in [6.07, 6.45) is 3.14. The maximum absolute atomic E-state index is 6.08. The Morgan fingerprint density at radius 1 is 1.38 bits per heavy atom. The lowest BCUT2D eigenvalue weighted by molar-refractivity contribution is 0.319. The fourth-order valence-corrected chi connectivity index (χ4v) is 2.73. The Hall–Kier alpha value is -2.04. The lowest BCUT2D eigenvalue weighted by Gasteiger charge is -2.20. The van der Waals surface area contributed by atoms with Crippen molar-refractivity contribution < 1.29 is 4.74 Å². The molecule has 1 aliphatic rings. The molecule has 0 saturated heterocycles. The first-order valence-electron chi connectivity index (χ1n) is 7.63. The monoisotopic (exact) mass is 286 g/mol. The van der Waals surface area contributed by atoms with E-state index in [9.17, 15) is 0 Å². The van der Waals surface area contributed by atoms with Gasteiger partial charge in [0.15, 0.2) is 5.82 Å². The van der Waals surface area contributed by atoms with E-state index in [0.717, 1.165) is 42.3 Å². The van der Waals surface area contributed by atoms with Crippen molar-refractivity contribution in [2.45, 2.75) is 39.7 Å². The number of nitrogens with zero attached hydrogens (tertiary/aromatic N) is 3. The van der Waals surface area contributed by atoms with Crippen LogP contribution in [0.15, 0.2) is 18.2 Å². The molecule has 0 aliphatic carbocycles. The molecule has 1 aromatic heterocycles. The molecule has 3 rings (SSSR count). The summed E-state index contributed by atoms with van der Waals surface area (Å²) in [4.78, 5) is 0. The third kappa shape index (κ3) is 2.73. The molecule has 0 spiro atoms. The van der Waals surface area contributed by atoms with Crippen LogP contribution in [0.3, 0.4) is 0 Å². The summed E-state index contributed by atoms with van der Waals surface area (Å²) < 4.78 is 7.83. The van der Waals surface area contributed by atoms with Gasteiger partial charge in [0.1, 0.15) is 11.6 Å². The van der Waals surface area contributed by atoms with Crippen LogP contribution in [0, 0.1) is 5.92 Å². The van der Waals surface area contributed by atoms with Gasteiger partial charge in [0.2, 0.25) is 0 Å². The summed E-state index contributed by atoms with van der Waals surface area (Å²) in [6, 6.07) is 5.87. The fraction of sp³-hybridized carbons (Fsp3) is 0.500. The summed E-state index contributed by atoms with van der Waals surface area (Å²) >= 11 is 0. The van der Waals surface area contributed by atoms with Gasteiger partial charge in [0, 0.05) is 18.5 Å². The Bertz CT molecular complexity index is 635. The topological polar surface area (TPSA) is 66.0 Å². The molecule has 1 aromatic carbocycles. The predicted octanol–water partition coefficient (Wildman–Crippen LogP) is 2.90. The average Bonchev–Trinajstić information content (AvgIpc) is 2.88. The zero-order valence-electron chi connectivity index (χ0n) is 12.7. The van der Waals surface area contributed by atoms with E-state index in [0.29, 0.717) is 18.2 Å². The van der Waals surface area contributed by atoms with Gasteiger partial charge in [-0.15, -0.1) is 10.2 Å². The van der Waals surface area contributed by atoms with Crippen molar-refractivity contribution in [3.63, 3.8) is 0 Å². The van der Waals surface area contributed by atoms with E-state index >= 15 is 0 Å². The Balaban J connectivity index is 1.89. The highest BCUT2D eigenvalue weighted by molar-refractivity contribution is 5.66. The molecule has 2 heterocycles. The predicted molar refractivity (Wildman–Crippen MR) is 83.1 cm³/mol. The van der Waals surface area contributed by atoms with Crippen LogP contribution in [-0.2, 0) is 13.0 Å². The van der Waals surface area contributed by atoms with Crippen LogP contribution in [0.2, 0.25) is 0 Å². The summed E-state index contributed by atoms with van der Waals surface area (Å²) in [5, 5.41) is 8.68. The van der Waals surface area contributed by atoms with Gasteiger partial charge in [-0.1, -0.05) is 13.8 Å². The highest BCUT2D eigenvalue weighted by atomic mass is 16.5. The number of nitrogens with two attached hydrogens (primary N) is 1. The standard InChI is InChI=1S/C16H22N4O/c1-3-8-21-14-5-4-12(10-13(14)17)16-19-18-15-9-11(2)6-7-20(15)16/h4-5,10-11H,3,6-9,17H2,1-2H3. The zero-order chi connectivity index (χ0) is 14.8. The molecule has 0 saturated carbocycles. The Labute approximate surface area is 125 Å². The molecule has 2 N–H and O–H groups in total. The SMILES string of the molecule is CCCOc1ccc(-c2nnc3n2CCC(C)C3)cc1N. The number of nitrogen functional groups attached to an aromatic ring is 1. The number of ether oxygens (including phenoxy) is 1. The normalized spacial score (nSPS) is 17.5. The zero-order valence-corrected chi connectivity index (χ0v) is 12.7. The van der Waals surface area contributed by atoms with E-state index in [2.05, 4.69) is 28.6 Å². The summed E-state index contributed by atoms with van der Waals surface area (Å²) in [6.45, 7) is 6.00. The molecule has 0 amide bonds.